The standard InChI is InChI=1S/C17H23F3N2O4/c1-11-7-13(8-12(2)15(11)26-10-17(18,19)20)9-22(3)16(25)21-6-4-5-14(23)24/h7-8H,4-6,9-10H2,1-3H3,(H,21,25)(H,23,24). The van der Waals surface area contributed by atoms with Crippen LogP contribution in [-0.2, 0) is 11.3 Å². The Kier molecular flexibility index (Phi) is 7.73. The number of aliphatic carboxylic acids is 1. The van der Waals surface area contributed by atoms with Gasteiger partial charge in [-0.15, -0.1) is 0 Å². The number of urea groups is 1. The van der Waals surface area contributed by atoms with Gasteiger partial charge in [-0.05, 0) is 37.0 Å². The molecule has 1 aromatic carbocycles. The molecule has 0 saturated carbocycles. The number of amides is 2. The molecule has 1 aromatic rings. The maximum Gasteiger partial charge on any atom is 0.422 e. The molecule has 0 aliphatic heterocycles. The number of carbonyl (C=O) groups excluding carboxylic acids is 1. The topological polar surface area (TPSA) is 78.9 Å². The number of hydrogen-bond acceptors (Lipinski definition) is 3. The summed E-state index contributed by atoms with van der Waals surface area (Å²) in [5.41, 5.74) is 1.86. The number of benzene rings is 1. The number of carbonyl (C=O) groups is 2. The second-order valence-electron chi connectivity index (χ2n) is 6.05. The van der Waals surface area contributed by atoms with Crippen LogP contribution in [0.5, 0.6) is 5.75 Å². The van der Waals surface area contributed by atoms with Crippen molar-refractivity contribution >= 4 is 12.0 Å². The summed E-state index contributed by atoms with van der Waals surface area (Å²) in [6.07, 6.45) is -4.10. The fraction of sp³-hybridized carbons (Fsp3) is 0.529. The molecule has 0 aliphatic carbocycles. The van der Waals surface area contributed by atoms with Crippen molar-refractivity contribution in [2.24, 2.45) is 0 Å². The summed E-state index contributed by atoms with van der Waals surface area (Å²) in [5, 5.41) is 11.2. The van der Waals surface area contributed by atoms with Crippen molar-refractivity contribution in [2.75, 3.05) is 20.2 Å². The lowest BCUT2D eigenvalue weighted by Gasteiger charge is -2.20. The van der Waals surface area contributed by atoms with E-state index >= 15 is 0 Å². The van der Waals surface area contributed by atoms with Gasteiger partial charge < -0.3 is 20.1 Å². The Hall–Kier alpha value is -2.45. The van der Waals surface area contributed by atoms with E-state index < -0.39 is 18.8 Å². The van der Waals surface area contributed by atoms with Gasteiger partial charge in [-0.1, -0.05) is 12.1 Å². The number of nitrogens with zero attached hydrogens (tertiary/aromatic N) is 1. The van der Waals surface area contributed by atoms with Crippen LogP contribution in [0.15, 0.2) is 12.1 Å². The lowest BCUT2D eigenvalue weighted by molar-refractivity contribution is -0.153. The Morgan fingerprint density at radius 2 is 1.81 bits per heavy atom. The molecule has 0 saturated heterocycles. The predicted molar refractivity (Wildman–Crippen MR) is 89.2 cm³/mol. The maximum absolute atomic E-state index is 12.3. The number of carboxylic acid groups (broad SMARTS) is 1. The van der Waals surface area contributed by atoms with Gasteiger partial charge in [0.2, 0.25) is 0 Å². The van der Waals surface area contributed by atoms with Crippen molar-refractivity contribution in [3.05, 3.63) is 28.8 Å². The normalized spacial score (nSPS) is 11.2. The largest absolute Gasteiger partial charge is 0.484 e. The Labute approximate surface area is 149 Å². The summed E-state index contributed by atoms with van der Waals surface area (Å²) < 4.78 is 41.8. The summed E-state index contributed by atoms with van der Waals surface area (Å²) in [6.45, 7) is 2.44. The minimum atomic E-state index is -4.41. The Morgan fingerprint density at radius 3 is 2.31 bits per heavy atom. The van der Waals surface area contributed by atoms with Gasteiger partial charge in [-0.3, -0.25) is 4.79 Å². The lowest BCUT2D eigenvalue weighted by Crippen LogP contribution is -2.37. The molecule has 0 bridgehead atoms. The molecule has 0 aliphatic rings. The van der Waals surface area contributed by atoms with Gasteiger partial charge in [0.25, 0.3) is 0 Å². The second-order valence-corrected chi connectivity index (χ2v) is 6.05. The molecule has 2 amide bonds. The van der Waals surface area contributed by atoms with Crippen LogP contribution >= 0.6 is 0 Å². The third-order valence-electron chi connectivity index (χ3n) is 3.51. The van der Waals surface area contributed by atoms with E-state index in [2.05, 4.69) is 5.32 Å². The van der Waals surface area contributed by atoms with E-state index in [1.165, 1.54) is 4.90 Å². The number of hydrogen-bond donors (Lipinski definition) is 2. The summed E-state index contributed by atoms with van der Waals surface area (Å²) in [5.74, 6) is -0.738. The third-order valence-corrected chi connectivity index (χ3v) is 3.51. The number of alkyl halides is 3. The monoisotopic (exact) mass is 376 g/mol. The summed E-state index contributed by atoms with van der Waals surface area (Å²) in [4.78, 5) is 23.8. The number of nitrogens with one attached hydrogen (secondary N) is 1. The fourth-order valence-electron chi connectivity index (χ4n) is 2.43. The van der Waals surface area contributed by atoms with Crippen molar-refractivity contribution in [3.8, 4) is 5.75 Å². The molecule has 0 spiro atoms. The van der Waals surface area contributed by atoms with Gasteiger partial charge in [0.05, 0.1) is 0 Å². The number of ether oxygens (including phenoxy) is 1. The molecular weight excluding hydrogens is 353 g/mol. The highest BCUT2D eigenvalue weighted by atomic mass is 19.4. The Bertz CT molecular complexity index is 624. The van der Waals surface area contributed by atoms with Gasteiger partial charge in [-0.25, -0.2) is 4.79 Å². The van der Waals surface area contributed by atoms with Crippen molar-refractivity contribution in [3.63, 3.8) is 0 Å². The summed E-state index contributed by atoms with van der Waals surface area (Å²) in [6, 6.07) is 2.99. The summed E-state index contributed by atoms with van der Waals surface area (Å²) >= 11 is 0. The molecule has 6 nitrogen and oxygen atoms in total. The van der Waals surface area contributed by atoms with Crippen LogP contribution in [0.3, 0.4) is 0 Å². The maximum atomic E-state index is 12.3. The average Bonchev–Trinajstić information content (AvgIpc) is 2.49. The number of halogens is 3. The first-order valence-electron chi connectivity index (χ1n) is 8.00. The smallest absolute Gasteiger partial charge is 0.422 e. The van der Waals surface area contributed by atoms with E-state index in [0.29, 0.717) is 17.5 Å². The van der Waals surface area contributed by atoms with Crippen LogP contribution in [-0.4, -0.2) is 48.4 Å². The zero-order valence-electron chi connectivity index (χ0n) is 14.9. The number of aryl methyl sites for hydroxylation is 2. The van der Waals surface area contributed by atoms with Crippen LogP contribution in [0.2, 0.25) is 0 Å². The Balaban J connectivity index is 2.64. The van der Waals surface area contributed by atoms with Gasteiger partial charge in [-0.2, -0.15) is 13.2 Å². The van der Waals surface area contributed by atoms with Gasteiger partial charge in [0, 0.05) is 26.6 Å². The zero-order valence-corrected chi connectivity index (χ0v) is 14.9. The molecule has 9 heteroatoms. The molecule has 0 fully saturated rings. The van der Waals surface area contributed by atoms with E-state index in [1.54, 1.807) is 33.0 Å². The van der Waals surface area contributed by atoms with Crippen molar-refractivity contribution < 1.29 is 32.6 Å². The number of rotatable bonds is 8. The first-order chi connectivity index (χ1) is 12.0. The second kappa shape index (κ2) is 9.30. The minimum Gasteiger partial charge on any atom is -0.484 e. The minimum absolute atomic E-state index is 0.0260. The summed E-state index contributed by atoms with van der Waals surface area (Å²) in [7, 11) is 1.57. The molecular formula is C17H23F3N2O4. The van der Waals surface area contributed by atoms with Crippen molar-refractivity contribution in [1.29, 1.82) is 0 Å². The molecule has 0 heterocycles. The van der Waals surface area contributed by atoms with Crippen molar-refractivity contribution in [1.82, 2.24) is 10.2 Å². The lowest BCUT2D eigenvalue weighted by atomic mass is 10.1. The van der Waals surface area contributed by atoms with Crippen LogP contribution in [0.4, 0.5) is 18.0 Å². The fourth-order valence-corrected chi connectivity index (χ4v) is 2.43. The highest BCUT2D eigenvalue weighted by Crippen LogP contribution is 2.27. The molecule has 0 atom stereocenters. The SMILES string of the molecule is Cc1cc(CN(C)C(=O)NCCCC(=O)O)cc(C)c1OCC(F)(F)F. The average molecular weight is 376 g/mol. The van der Waals surface area contributed by atoms with E-state index in [9.17, 15) is 22.8 Å². The van der Waals surface area contributed by atoms with E-state index in [0.717, 1.165) is 5.56 Å². The Morgan fingerprint density at radius 1 is 1.23 bits per heavy atom. The molecule has 26 heavy (non-hydrogen) atoms. The highest BCUT2D eigenvalue weighted by Gasteiger charge is 2.29. The third kappa shape index (κ3) is 7.62. The molecule has 1 rings (SSSR count). The first-order valence-corrected chi connectivity index (χ1v) is 8.00. The number of carboxylic acids is 1. The van der Waals surface area contributed by atoms with E-state index in [1.807, 2.05) is 0 Å². The molecule has 0 radical (unpaired) electrons. The van der Waals surface area contributed by atoms with Crippen LogP contribution in [0, 0.1) is 13.8 Å². The van der Waals surface area contributed by atoms with Gasteiger partial charge >= 0.3 is 18.2 Å². The van der Waals surface area contributed by atoms with Gasteiger partial charge in [0.1, 0.15) is 5.75 Å². The molecule has 0 unspecified atom stereocenters. The predicted octanol–water partition coefficient (Wildman–Crippen LogP) is 3.25. The van der Waals surface area contributed by atoms with Gasteiger partial charge in [0.15, 0.2) is 6.61 Å². The van der Waals surface area contributed by atoms with Crippen LogP contribution in [0.1, 0.15) is 29.5 Å². The molecule has 146 valence electrons. The van der Waals surface area contributed by atoms with Crippen LogP contribution < -0.4 is 10.1 Å². The van der Waals surface area contributed by atoms with Crippen molar-refractivity contribution in [2.45, 2.75) is 39.4 Å². The first kappa shape index (κ1) is 21.6. The quantitative estimate of drug-likeness (QED) is 0.683. The molecule has 0 aromatic heterocycles. The highest BCUT2D eigenvalue weighted by molar-refractivity contribution is 5.74. The van der Waals surface area contributed by atoms with E-state index in [4.69, 9.17) is 9.84 Å². The van der Waals surface area contributed by atoms with Crippen LogP contribution in [0.25, 0.3) is 0 Å². The van der Waals surface area contributed by atoms with E-state index in [-0.39, 0.29) is 31.3 Å². The zero-order chi connectivity index (χ0) is 19.9. The molecule has 2 N–H and O–H groups in total.